The van der Waals surface area contributed by atoms with Gasteiger partial charge in [0.1, 0.15) is 0 Å². The lowest BCUT2D eigenvalue weighted by atomic mass is 9.95. The molecule has 0 aliphatic rings. The lowest BCUT2D eigenvalue weighted by molar-refractivity contribution is -0.157. The van der Waals surface area contributed by atoms with Crippen molar-refractivity contribution in [2.45, 2.75) is 33.0 Å². The third kappa shape index (κ3) is 6.65. The standard InChI is InChI=1S/C11H14O4.C4H10O/c1-8-4-2-3-5-9(8)10(6-12)11(14)15-7-13;1-3-5-4-2/h2-5,7,10-12,14H,6H2,1H3;3-4H2,1-2H3. The normalized spacial score (nSPS) is 12.8. The molecule has 1 aromatic carbocycles. The Hall–Kier alpha value is -1.43. The second-order valence-corrected chi connectivity index (χ2v) is 4.05. The monoisotopic (exact) mass is 284 g/mol. The Bertz CT molecular complexity index is 365. The highest BCUT2D eigenvalue weighted by molar-refractivity contribution is 5.38. The molecule has 5 heteroatoms. The Morgan fingerprint density at radius 3 is 2.25 bits per heavy atom. The van der Waals surface area contributed by atoms with Gasteiger partial charge in [0.2, 0.25) is 6.29 Å². The van der Waals surface area contributed by atoms with E-state index in [1.165, 1.54) is 0 Å². The number of aliphatic hydroxyl groups excluding tert-OH is 2. The Morgan fingerprint density at radius 1 is 1.25 bits per heavy atom. The summed E-state index contributed by atoms with van der Waals surface area (Å²) in [6, 6.07) is 7.32. The first-order chi connectivity index (χ1) is 9.62. The lowest BCUT2D eigenvalue weighted by Crippen LogP contribution is -2.25. The minimum absolute atomic E-state index is 0.172. The molecule has 0 aliphatic carbocycles. The molecule has 0 radical (unpaired) electrons. The fourth-order valence-corrected chi connectivity index (χ4v) is 1.70. The van der Waals surface area contributed by atoms with Gasteiger partial charge in [0.05, 0.1) is 12.5 Å². The topological polar surface area (TPSA) is 76.0 Å². The van der Waals surface area contributed by atoms with Gasteiger partial charge in [0, 0.05) is 13.2 Å². The van der Waals surface area contributed by atoms with Gasteiger partial charge in [-0.05, 0) is 31.9 Å². The first-order valence-electron chi connectivity index (χ1n) is 6.63. The molecule has 0 saturated heterocycles. The molecule has 0 aliphatic heterocycles. The zero-order valence-corrected chi connectivity index (χ0v) is 12.3. The Kier molecular flexibility index (Phi) is 10.6. The van der Waals surface area contributed by atoms with Crippen molar-refractivity contribution in [1.29, 1.82) is 0 Å². The summed E-state index contributed by atoms with van der Waals surface area (Å²) in [5.41, 5.74) is 1.71. The van der Waals surface area contributed by atoms with Crippen molar-refractivity contribution in [3.63, 3.8) is 0 Å². The van der Waals surface area contributed by atoms with Gasteiger partial charge in [-0.3, -0.25) is 4.79 Å². The highest BCUT2D eigenvalue weighted by Crippen LogP contribution is 2.22. The van der Waals surface area contributed by atoms with Gasteiger partial charge < -0.3 is 19.7 Å². The predicted molar refractivity (Wildman–Crippen MR) is 76.3 cm³/mol. The van der Waals surface area contributed by atoms with Crippen LogP contribution in [0.5, 0.6) is 0 Å². The number of ether oxygens (including phenoxy) is 2. The van der Waals surface area contributed by atoms with Gasteiger partial charge in [-0.2, -0.15) is 0 Å². The van der Waals surface area contributed by atoms with Crippen LogP contribution in [-0.2, 0) is 14.3 Å². The van der Waals surface area contributed by atoms with E-state index in [9.17, 15) is 9.90 Å². The highest BCUT2D eigenvalue weighted by atomic mass is 16.6. The summed E-state index contributed by atoms with van der Waals surface area (Å²) >= 11 is 0. The third-order valence-electron chi connectivity index (χ3n) is 2.73. The maximum atomic E-state index is 10.1. The van der Waals surface area contributed by atoms with Crippen molar-refractivity contribution in [2.75, 3.05) is 19.8 Å². The van der Waals surface area contributed by atoms with E-state index in [4.69, 9.17) is 9.84 Å². The maximum Gasteiger partial charge on any atom is 0.295 e. The first-order valence-corrected chi connectivity index (χ1v) is 6.63. The number of rotatable bonds is 7. The smallest absolute Gasteiger partial charge is 0.295 e. The molecule has 2 atom stereocenters. The van der Waals surface area contributed by atoms with E-state index >= 15 is 0 Å². The Balaban J connectivity index is 0.000000621. The fraction of sp³-hybridized carbons (Fsp3) is 0.533. The molecule has 5 nitrogen and oxygen atoms in total. The number of carbonyl (C=O) groups is 1. The molecule has 2 unspecified atom stereocenters. The van der Waals surface area contributed by atoms with Crippen LogP contribution in [-0.4, -0.2) is 42.8 Å². The highest BCUT2D eigenvalue weighted by Gasteiger charge is 2.22. The summed E-state index contributed by atoms with van der Waals surface area (Å²) in [7, 11) is 0. The summed E-state index contributed by atoms with van der Waals surface area (Å²) in [5.74, 6) is -0.601. The van der Waals surface area contributed by atoms with E-state index in [1.807, 2.05) is 32.9 Å². The van der Waals surface area contributed by atoms with Crippen LogP contribution < -0.4 is 0 Å². The molecular weight excluding hydrogens is 260 g/mol. The molecule has 1 aromatic rings. The Morgan fingerprint density at radius 2 is 1.85 bits per heavy atom. The summed E-state index contributed by atoms with van der Waals surface area (Å²) < 4.78 is 9.25. The van der Waals surface area contributed by atoms with Crippen LogP contribution in [0.2, 0.25) is 0 Å². The minimum atomic E-state index is -1.31. The largest absolute Gasteiger partial charge is 0.437 e. The molecule has 20 heavy (non-hydrogen) atoms. The van der Waals surface area contributed by atoms with Crippen LogP contribution >= 0.6 is 0 Å². The predicted octanol–water partition coefficient (Wildman–Crippen LogP) is 1.61. The van der Waals surface area contributed by atoms with Crippen molar-refractivity contribution >= 4 is 6.47 Å². The van der Waals surface area contributed by atoms with E-state index in [2.05, 4.69) is 4.74 Å². The number of hydrogen-bond acceptors (Lipinski definition) is 5. The van der Waals surface area contributed by atoms with Crippen molar-refractivity contribution in [2.24, 2.45) is 0 Å². The second-order valence-electron chi connectivity index (χ2n) is 4.05. The SMILES string of the molecule is CCOCC.Cc1ccccc1C(CO)C(O)OC=O. The van der Waals surface area contributed by atoms with E-state index in [-0.39, 0.29) is 13.1 Å². The summed E-state index contributed by atoms with van der Waals surface area (Å²) in [6.45, 7) is 7.43. The van der Waals surface area contributed by atoms with E-state index in [0.29, 0.717) is 0 Å². The van der Waals surface area contributed by atoms with Crippen molar-refractivity contribution in [3.05, 3.63) is 35.4 Å². The third-order valence-corrected chi connectivity index (χ3v) is 2.73. The molecule has 2 N–H and O–H groups in total. The molecule has 1 rings (SSSR count). The molecule has 0 heterocycles. The van der Waals surface area contributed by atoms with Crippen molar-refractivity contribution in [1.82, 2.24) is 0 Å². The average Bonchev–Trinajstić information content (AvgIpc) is 2.44. The summed E-state index contributed by atoms with van der Waals surface area (Å²) in [4.78, 5) is 10.1. The van der Waals surface area contributed by atoms with Crippen LogP contribution in [0.3, 0.4) is 0 Å². The van der Waals surface area contributed by atoms with Crippen LogP contribution in [0.4, 0.5) is 0 Å². The molecule has 0 spiro atoms. The zero-order valence-electron chi connectivity index (χ0n) is 12.3. The van der Waals surface area contributed by atoms with Crippen LogP contribution in [0.1, 0.15) is 30.9 Å². The Labute approximate surface area is 120 Å². The number of carbonyl (C=O) groups excluding carboxylic acids is 1. The van der Waals surface area contributed by atoms with Crippen molar-refractivity contribution < 1.29 is 24.5 Å². The van der Waals surface area contributed by atoms with Crippen LogP contribution in [0.15, 0.2) is 24.3 Å². The number of aliphatic hydroxyl groups is 2. The summed E-state index contributed by atoms with van der Waals surface area (Å²) in [6.07, 6.45) is -1.31. The average molecular weight is 284 g/mol. The molecule has 0 amide bonds. The number of hydrogen-bond donors (Lipinski definition) is 2. The summed E-state index contributed by atoms with van der Waals surface area (Å²) in [5, 5.41) is 18.6. The quantitative estimate of drug-likeness (QED) is 0.587. The number of benzene rings is 1. The molecule has 0 aromatic heterocycles. The molecule has 0 fully saturated rings. The van der Waals surface area contributed by atoms with Crippen LogP contribution in [0, 0.1) is 6.92 Å². The van der Waals surface area contributed by atoms with Crippen molar-refractivity contribution in [3.8, 4) is 0 Å². The van der Waals surface area contributed by atoms with E-state index in [0.717, 1.165) is 24.3 Å². The fourth-order valence-electron chi connectivity index (χ4n) is 1.70. The molecule has 0 saturated carbocycles. The molecule has 114 valence electrons. The van der Waals surface area contributed by atoms with Gasteiger partial charge in [-0.1, -0.05) is 24.3 Å². The van der Waals surface area contributed by atoms with Gasteiger partial charge in [0.15, 0.2) is 0 Å². The second kappa shape index (κ2) is 11.4. The zero-order chi connectivity index (χ0) is 15.4. The lowest BCUT2D eigenvalue weighted by Gasteiger charge is -2.20. The maximum absolute atomic E-state index is 10.1. The minimum Gasteiger partial charge on any atom is -0.437 e. The van der Waals surface area contributed by atoms with Gasteiger partial charge in [-0.15, -0.1) is 0 Å². The van der Waals surface area contributed by atoms with Gasteiger partial charge >= 0.3 is 0 Å². The molecular formula is C15H24O5. The number of aryl methyl sites for hydroxylation is 1. The van der Waals surface area contributed by atoms with E-state index < -0.39 is 12.2 Å². The van der Waals surface area contributed by atoms with Gasteiger partial charge in [-0.25, -0.2) is 0 Å². The van der Waals surface area contributed by atoms with Gasteiger partial charge in [0.25, 0.3) is 6.47 Å². The first kappa shape index (κ1) is 18.6. The molecule has 0 bridgehead atoms. The van der Waals surface area contributed by atoms with E-state index in [1.54, 1.807) is 12.1 Å². The van der Waals surface area contributed by atoms with Crippen LogP contribution in [0.25, 0.3) is 0 Å².